The number of ether oxygens (including phenoxy) is 2. The van der Waals surface area contributed by atoms with E-state index in [9.17, 15) is 27.2 Å². The molecule has 194 valence electrons. The van der Waals surface area contributed by atoms with Crippen LogP contribution in [0.15, 0.2) is 17.0 Å². The lowest BCUT2D eigenvalue weighted by Crippen LogP contribution is -2.33. The van der Waals surface area contributed by atoms with Gasteiger partial charge in [0.15, 0.2) is 11.6 Å². The van der Waals surface area contributed by atoms with Crippen LogP contribution in [0.3, 0.4) is 0 Å². The fraction of sp³-hybridized carbons (Fsp3) is 0.333. The number of hydrogen-bond donors (Lipinski definition) is 0. The van der Waals surface area contributed by atoms with Gasteiger partial charge < -0.3 is 17.9 Å². The van der Waals surface area contributed by atoms with Gasteiger partial charge in [-0.25, -0.2) is 13.6 Å². The maximum absolute atomic E-state index is 14.6. The Bertz CT molecular complexity index is 1380. The van der Waals surface area contributed by atoms with E-state index < -0.39 is 65.9 Å². The van der Waals surface area contributed by atoms with E-state index in [0.29, 0.717) is 18.4 Å². The summed E-state index contributed by atoms with van der Waals surface area (Å²) in [4.78, 5) is 24.6. The van der Waals surface area contributed by atoms with Crippen molar-refractivity contribution in [2.24, 2.45) is 17.8 Å². The van der Waals surface area contributed by atoms with Crippen molar-refractivity contribution in [1.29, 1.82) is 0 Å². The van der Waals surface area contributed by atoms with Crippen molar-refractivity contribution in [2.45, 2.75) is 30.3 Å². The minimum absolute atomic E-state index is 0.139. The molecule has 4 rings (SSSR count). The van der Waals surface area contributed by atoms with Gasteiger partial charge in [-0.1, -0.05) is 0 Å². The average Bonchev–Trinajstić information content (AvgIpc) is 3.37. The number of esters is 2. The van der Waals surface area contributed by atoms with Gasteiger partial charge in [0.05, 0.1) is 16.4 Å². The summed E-state index contributed by atoms with van der Waals surface area (Å²) in [5.41, 5.74) is 0.463. The zero-order valence-electron chi connectivity index (χ0n) is 17.8. The average molecular weight is 913 g/mol. The van der Waals surface area contributed by atoms with Gasteiger partial charge >= 0.3 is 11.9 Å². The lowest BCUT2D eigenvalue weighted by Gasteiger charge is -2.27. The SMILES string of the molecule is O=C(OC1CC2CC1CC2C(=O)Oc1c(F)c(F)c(S(=P)(=P)[PH-])c(F)c1F)c1cc(I)cc(I)c1I. The number of rotatable bonds is 5. The summed E-state index contributed by atoms with van der Waals surface area (Å²) in [6.45, 7) is 0. The Morgan fingerprint density at radius 1 is 0.944 bits per heavy atom. The molecule has 2 fully saturated rings. The van der Waals surface area contributed by atoms with Crippen molar-refractivity contribution in [1.82, 2.24) is 0 Å². The molecule has 4 unspecified atom stereocenters. The molecule has 2 aromatic carbocycles. The first-order valence-corrected chi connectivity index (χ1v) is 18.7. The monoisotopic (exact) mass is 913 g/mol. The molecule has 0 aliphatic heterocycles. The molecule has 0 N–H and O–H groups in total. The summed E-state index contributed by atoms with van der Waals surface area (Å²) in [5.74, 6) is -11.0. The van der Waals surface area contributed by atoms with Crippen LogP contribution in [0.2, 0.25) is 0 Å². The van der Waals surface area contributed by atoms with Crippen LogP contribution < -0.4 is 4.74 Å². The maximum atomic E-state index is 14.6. The number of carbonyl (C=O) groups is 2. The first-order valence-electron chi connectivity index (χ1n) is 10.2. The lowest BCUT2D eigenvalue weighted by molar-refractivity contribution is -0.141. The number of fused-ring (bicyclic) bond motifs is 2. The predicted molar refractivity (Wildman–Crippen MR) is 161 cm³/mol. The number of benzene rings is 2. The fourth-order valence-electron chi connectivity index (χ4n) is 4.69. The van der Waals surface area contributed by atoms with Crippen LogP contribution in [0, 0.1) is 51.7 Å². The Kier molecular flexibility index (Phi) is 9.28. The molecule has 0 saturated heterocycles. The summed E-state index contributed by atoms with van der Waals surface area (Å²) in [6, 6.07) is 3.69. The van der Waals surface area contributed by atoms with Crippen LogP contribution in [0.25, 0.3) is 0 Å². The largest absolute Gasteiger partial charge is 0.484 e. The molecule has 0 aromatic heterocycles. The Hall–Kier alpha value is 0.670. The lowest BCUT2D eigenvalue weighted by atomic mass is 9.87. The summed E-state index contributed by atoms with van der Waals surface area (Å²) in [6.07, 6.45) is 0.800. The molecule has 4 atom stereocenters. The van der Waals surface area contributed by atoms with Crippen LogP contribution in [-0.2, 0) is 17.5 Å². The minimum atomic E-state index is -2.72. The van der Waals surface area contributed by atoms with E-state index in [1.54, 1.807) is 6.07 Å². The summed E-state index contributed by atoms with van der Waals surface area (Å²) < 4.78 is 71.3. The quantitative estimate of drug-likeness (QED) is 0.0765. The van der Waals surface area contributed by atoms with Crippen molar-refractivity contribution in [3.8, 4) is 5.75 Å². The van der Waals surface area contributed by atoms with Crippen LogP contribution in [0.4, 0.5) is 17.6 Å². The molecule has 36 heavy (non-hydrogen) atoms. The van der Waals surface area contributed by atoms with Gasteiger partial charge in [0.25, 0.3) is 0 Å². The molecule has 2 saturated carbocycles. The highest BCUT2D eigenvalue weighted by Crippen LogP contribution is 2.50. The molecule has 15 heteroatoms. The molecular formula is C21H15F4I3O4P3S-. The van der Waals surface area contributed by atoms with Crippen molar-refractivity contribution in [2.75, 3.05) is 0 Å². The molecule has 2 bridgehead atoms. The Balaban J connectivity index is 1.47. The van der Waals surface area contributed by atoms with Crippen molar-refractivity contribution in [3.63, 3.8) is 0 Å². The zero-order valence-corrected chi connectivity index (χ0v) is 28.1. The van der Waals surface area contributed by atoms with E-state index in [0.717, 1.165) is 10.7 Å². The molecule has 2 aromatic rings. The highest BCUT2D eigenvalue weighted by atomic mass is 127. The first-order chi connectivity index (χ1) is 16.7. The molecule has 4 nitrogen and oxygen atoms in total. The van der Waals surface area contributed by atoms with E-state index in [1.165, 1.54) is 0 Å². The number of carbonyl (C=O) groups excluding carboxylic acids is 2. The van der Waals surface area contributed by atoms with Crippen LogP contribution in [-0.4, -0.2) is 18.0 Å². The molecule has 0 heterocycles. The van der Waals surface area contributed by atoms with Gasteiger partial charge in [0.1, 0.15) is 6.10 Å². The summed E-state index contributed by atoms with van der Waals surface area (Å²) in [5, 5.41) is 0. The van der Waals surface area contributed by atoms with E-state index in [-0.39, 0.29) is 18.3 Å². The second-order valence-electron chi connectivity index (χ2n) is 8.47. The molecular weight excluding hydrogens is 898 g/mol. The van der Waals surface area contributed by atoms with Crippen LogP contribution in [0.5, 0.6) is 5.75 Å². The van der Waals surface area contributed by atoms with Gasteiger partial charge in [-0.2, -0.15) is 8.78 Å². The molecule has 2 aliphatic rings. The van der Waals surface area contributed by atoms with Gasteiger partial charge in [0, 0.05) is 10.7 Å². The third-order valence-corrected chi connectivity index (χ3v) is 12.7. The second-order valence-corrected chi connectivity index (χ2v) is 22.8. The predicted octanol–water partition coefficient (Wildman–Crippen LogP) is 7.92. The Labute approximate surface area is 251 Å². The van der Waals surface area contributed by atoms with Crippen LogP contribution >= 0.6 is 92.2 Å². The van der Waals surface area contributed by atoms with Gasteiger partial charge in [-0.3, -0.25) is 12.8 Å². The standard InChI is InChI=1S/C21H15F4I3O4P3S/c22-13-15(24)19(36(33,34)35)16(25)14(23)18(13)32-20(29)9-2-7-1-6(9)3-12(7)31-21(30)10-4-8(26)5-11(27)17(10)28/h4-7,9,12,33-35H,1-3H2/q-1. The highest BCUT2D eigenvalue weighted by molar-refractivity contribution is 14.1. The Morgan fingerprint density at radius 3 is 2.08 bits per heavy atom. The van der Waals surface area contributed by atoms with E-state index in [2.05, 4.69) is 92.2 Å². The second kappa shape index (κ2) is 11.3. The number of hydrogen-bond acceptors (Lipinski definition) is 4. The third kappa shape index (κ3) is 5.75. The van der Waals surface area contributed by atoms with Gasteiger partial charge in [-0.05, 0) is 111 Å². The van der Waals surface area contributed by atoms with E-state index in [1.807, 2.05) is 6.07 Å². The maximum Gasteiger partial charge on any atom is 0.339 e. The fourth-order valence-corrected chi connectivity index (χ4v) is 9.39. The highest BCUT2D eigenvalue weighted by Gasteiger charge is 2.51. The zero-order chi connectivity index (χ0) is 26.7. The minimum Gasteiger partial charge on any atom is -0.484 e. The third-order valence-electron chi connectivity index (χ3n) is 6.26. The summed E-state index contributed by atoms with van der Waals surface area (Å²) >= 11 is 6.36. The first kappa shape index (κ1) is 29.6. The Morgan fingerprint density at radius 2 is 1.56 bits per heavy atom. The van der Waals surface area contributed by atoms with Gasteiger partial charge in [0.2, 0.25) is 17.4 Å². The van der Waals surface area contributed by atoms with Crippen molar-refractivity contribution >= 4 is 112 Å². The van der Waals surface area contributed by atoms with E-state index >= 15 is 0 Å². The molecule has 0 spiro atoms. The molecule has 0 radical (unpaired) electrons. The van der Waals surface area contributed by atoms with Crippen molar-refractivity contribution in [3.05, 3.63) is 51.7 Å². The molecule has 0 amide bonds. The molecule has 2 aliphatic carbocycles. The smallest absolute Gasteiger partial charge is 0.339 e. The van der Waals surface area contributed by atoms with Crippen LogP contribution in [0.1, 0.15) is 29.6 Å². The van der Waals surface area contributed by atoms with Gasteiger partial charge in [-0.15, -0.1) is 16.0 Å². The summed E-state index contributed by atoms with van der Waals surface area (Å²) in [7, 11) is 6.18. The number of halogens is 7. The van der Waals surface area contributed by atoms with Crippen molar-refractivity contribution < 1.29 is 36.6 Å². The topological polar surface area (TPSA) is 52.6 Å². The van der Waals surface area contributed by atoms with E-state index in [4.69, 9.17) is 9.47 Å². The normalized spacial score (nSPS) is 23.1.